The highest BCUT2D eigenvalue weighted by atomic mass is 16.2. The molecule has 3 N–H and O–H groups in total. The minimum absolute atomic E-state index is 0.117. The van der Waals surface area contributed by atoms with Crippen LogP contribution in [0.3, 0.4) is 0 Å². The number of H-pyrrole nitrogens is 1. The topological polar surface area (TPSA) is 91.8 Å². The number of hydrogen-bond acceptors (Lipinski definition) is 4. The first-order valence-corrected chi connectivity index (χ1v) is 11.1. The number of carbonyl (C=O) groups is 1. The van der Waals surface area contributed by atoms with E-state index in [4.69, 9.17) is 0 Å². The third kappa shape index (κ3) is 3.93. The molecule has 2 aliphatic carbocycles. The third-order valence-corrected chi connectivity index (χ3v) is 6.37. The Hall–Kier alpha value is -3.19. The van der Waals surface area contributed by atoms with Gasteiger partial charge >= 0.3 is 0 Å². The lowest BCUT2D eigenvalue weighted by molar-refractivity contribution is 0.102. The SMILES string of the molecule is O=C(Nc1cccc(=O)n1CCNC1CCC1)c1c[nH]c2c1-c1ncccc1CCC2. The number of nitrogens with one attached hydrogen (secondary N) is 3. The molecular weight excluding hydrogens is 390 g/mol. The van der Waals surface area contributed by atoms with Crippen LogP contribution >= 0.6 is 0 Å². The molecule has 160 valence electrons. The van der Waals surface area contributed by atoms with E-state index >= 15 is 0 Å². The van der Waals surface area contributed by atoms with Crippen molar-refractivity contribution in [1.29, 1.82) is 0 Å². The number of pyridine rings is 2. The first-order chi connectivity index (χ1) is 15.2. The van der Waals surface area contributed by atoms with E-state index in [0.29, 0.717) is 30.5 Å². The van der Waals surface area contributed by atoms with E-state index in [1.54, 1.807) is 29.1 Å². The number of carbonyl (C=O) groups excluding carboxylic acids is 1. The quantitative estimate of drug-likeness (QED) is 0.575. The van der Waals surface area contributed by atoms with Crippen molar-refractivity contribution in [2.24, 2.45) is 0 Å². The predicted octanol–water partition coefficient (Wildman–Crippen LogP) is 3.12. The molecule has 31 heavy (non-hydrogen) atoms. The van der Waals surface area contributed by atoms with Gasteiger partial charge in [0.1, 0.15) is 5.82 Å². The van der Waals surface area contributed by atoms with E-state index < -0.39 is 0 Å². The van der Waals surface area contributed by atoms with Gasteiger partial charge in [0.05, 0.1) is 11.3 Å². The summed E-state index contributed by atoms with van der Waals surface area (Å²) in [6, 6.07) is 9.57. The Morgan fingerprint density at radius 3 is 2.90 bits per heavy atom. The smallest absolute Gasteiger partial charge is 0.259 e. The van der Waals surface area contributed by atoms with Crippen LogP contribution < -0.4 is 16.2 Å². The van der Waals surface area contributed by atoms with Crippen LogP contribution in [0.1, 0.15) is 47.3 Å². The van der Waals surface area contributed by atoms with Crippen LogP contribution in [0.2, 0.25) is 0 Å². The fourth-order valence-electron chi connectivity index (χ4n) is 4.47. The molecular formula is C24H27N5O2. The lowest BCUT2D eigenvalue weighted by atomic mass is 9.93. The summed E-state index contributed by atoms with van der Waals surface area (Å²) in [6.45, 7) is 1.22. The first kappa shape index (κ1) is 19.8. The number of amides is 1. The summed E-state index contributed by atoms with van der Waals surface area (Å²) in [5.74, 6) is 0.278. The summed E-state index contributed by atoms with van der Waals surface area (Å²) < 4.78 is 1.63. The van der Waals surface area contributed by atoms with Crippen molar-refractivity contribution < 1.29 is 4.79 Å². The number of anilines is 1. The van der Waals surface area contributed by atoms with Crippen molar-refractivity contribution in [1.82, 2.24) is 19.9 Å². The Morgan fingerprint density at radius 1 is 1.16 bits per heavy atom. The number of hydrogen-bond donors (Lipinski definition) is 3. The van der Waals surface area contributed by atoms with Gasteiger partial charge < -0.3 is 15.6 Å². The second-order valence-electron chi connectivity index (χ2n) is 8.36. The van der Waals surface area contributed by atoms with Gasteiger partial charge in [0.2, 0.25) is 0 Å². The van der Waals surface area contributed by atoms with Gasteiger partial charge in [0.15, 0.2) is 0 Å². The van der Waals surface area contributed by atoms with Crippen LogP contribution in [-0.2, 0) is 19.4 Å². The fourth-order valence-corrected chi connectivity index (χ4v) is 4.47. The lowest BCUT2D eigenvalue weighted by Crippen LogP contribution is -2.38. The summed E-state index contributed by atoms with van der Waals surface area (Å²) in [4.78, 5) is 33.6. The number of fused-ring (bicyclic) bond motifs is 3. The van der Waals surface area contributed by atoms with E-state index in [2.05, 4.69) is 26.7 Å². The molecule has 7 heteroatoms. The van der Waals surface area contributed by atoms with Crippen molar-refractivity contribution in [2.45, 2.75) is 51.1 Å². The van der Waals surface area contributed by atoms with Crippen molar-refractivity contribution in [3.05, 3.63) is 69.9 Å². The molecule has 0 atom stereocenters. The molecule has 0 spiro atoms. The molecule has 0 bridgehead atoms. The van der Waals surface area contributed by atoms with Crippen LogP contribution in [0, 0.1) is 0 Å². The number of rotatable bonds is 6. The van der Waals surface area contributed by atoms with E-state index in [1.165, 1.54) is 25.3 Å². The standard InChI is InChI=1S/C24H27N5O2/c30-21-11-3-10-20(29(21)14-13-25-17-7-2-8-17)28-24(31)18-15-27-19-9-1-5-16-6-4-12-26-23(16)22(18)19/h3-4,6,10-12,15,17,25,27H,1-2,5,7-9,13-14H2,(H,28,31). The molecule has 1 amide bonds. The molecule has 0 aliphatic heterocycles. The highest BCUT2D eigenvalue weighted by Crippen LogP contribution is 2.33. The summed E-state index contributed by atoms with van der Waals surface area (Å²) >= 11 is 0. The van der Waals surface area contributed by atoms with Gasteiger partial charge in [-0.15, -0.1) is 0 Å². The molecule has 3 heterocycles. The normalized spacial score (nSPS) is 15.5. The van der Waals surface area contributed by atoms with E-state index in [0.717, 1.165) is 41.8 Å². The average Bonchev–Trinajstić information content (AvgIpc) is 3.07. The Kier molecular flexibility index (Phi) is 5.42. The highest BCUT2D eigenvalue weighted by molar-refractivity contribution is 6.08. The summed E-state index contributed by atoms with van der Waals surface area (Å²) in [5.41, 5.74) is 4.39. The zero-order valence-electron chi connectivity index (χ0n) is 17.5. The number of aromatic amines is 1. The van der Waals surface area contributed by atoms with Crippen molar-refractivity contribution >= 4 is 11.7 Å². The lowest BCUT2D eigenvalue weighted by Gasteiger charge is -2.26. The van der Waals surface area contributed by atoms with Crippen molar-refractivity contribution in [3.8, 4) is 11.3 Å². The maximum atomic E-state index is 13.3. The van der Waals surface area contributed by atoms with Gasteiger partial charge in [-0.25, -0.2) is 0 Å². The Morgan fingerprint density at radius 2 is 2.06 bits per heavy atom. The first-order valence-electron chi connectivity index (χ1n) is 11.1. The van der Waals surface area contributed by atoms with Gasteiger partial charge in [0.25, 0.3) is 11.5 Å². The van der Waals surface area contributed by atoms with Gasteiger partial charge in [0, 0.05) is 48.8 Å². The van der Waals surface area contributed by atoms with Crippen LogP contribution in [0.25, 0.3) is 11.3 Å². The molecule has 0 unspecified atom stereocenters. The summed E-state index contributed by atoms with van der Waals surface area (Å²) in [6.07, 6.45) is 10.0. The van der Waals surface area contributed by atoms with Crippen molar-refractivity contribution in [2.75, 3.05) is 11.9 Å². The molecule has 2 aliphatic rings. The maximum absolute atomic E-state index is 13.3. The molecule has 3 aromatic heterocycles. The molecule has 0 aromatic carbocycles. The van der Waals surface area contributed by atoms with Crippen LogP contribution in [-0.4, -0.2) is 33.0 Å². The van der Waals surface area contributed by atoms with Crippen LogP contribution in [0.4, 0.5) is 5.82 Å². The van der Waals surface area contributed by atoms with Crippen LogP contribution in [0.15, 0.2) is 47.5 Å². The molecule has 0 saturated heterocycles. The second kappa shape index (κ2) is 8.51. The second-order valence-corrected chi connectivity index (χ2v) is 8.36. The minimum atomic E-state index is -0.234. The van der Waals surface area contributed by atoms with Gasteiger partial charge in [-0.2, -0.15) is 0 Å². The van der Waals surface area contributed by atoms with Gasteiger partial charge in [-0.1, -0.05) is 18.6 Å². The third-order valence-electron chi connectivity index (χ3n) is 6.37. The summed E-state index contributed by atoms with van der Waals surface area (Å²) in [7, 11) is 0. The summed E-state index contributed by atoms with van der Waals surface area (Å²) in [5, 5.41) is 6.45. The monoisotopic (exact) mass is 417 g/mol. The number of aromatic nitrogens is 3. The number of aryl methyl sites for hydroxylation is 2. The van der Waals surface area contributed by atoms with Crippen molar-refractivity contribution in [3.63, 3.8) is 0 Å². The number of nitrogens with zero attached hydrogens (tertiary/aromatic N) is 2. The molecule has 1 saturated carbocycles. The Balaban J connectivity index is 1.41. The van der Waals surface area contributed by atoms with E-state index in [-0.39, 0.29) is 11.5 Å². The zero-order chi connectivity index (χ0) is 21.2. The molecule has 5 rings (SSSR count). The van der Waals surface area contributed by atoms with E-state index in [9.17, 15) is 9.59 Å². The molecule has 1 fully saturated rings. The molecule has 3 aromatic rings. The van der Waals surface area contributed by atoms with Gasteiger partial charge in [-0.3, -0.25) is 19.1 Å². The fraction of sp³-hybridized carbons (Fsp3) is 0.375. The van der Waals surface area contributed by atoms with Gasteiger partial charge in [-0.05, 0) is 49.8 Å². The van der Waals surface area contributed by atoms with Crippen LogP contribution in [0.5, 0.6) is 0 Å². The highest BCUT2D eigenvalue weighted by Gasteiger charge is 2.24. The minimum Gasteiger partial charge on any atom is -0.364 e. The largest absolute Gasteiger partial charge is 0.364 e. The average molecular weight is 418 g/mol. The predicted molar refractivity (Wildman–Crippen MR) is 120 cm³/mol. The van der Waals surface area contributed by atoms with E-state index in [1.807, 2.05) is 6.07 Å². The zero-order valence-corrected chi connectivity index (χ0v) is 17.5. The molecule has 7 nitrogen and oxygen atoms in total. The molecule has 0 radical (unpaired) electrons. The Labute approximate surface area is 180 Å². The maximum Gasteiger partial charge on any atom is 0.259 e. The Bertz CT molecular complexity index is 1160.